The van der Waals surface area contributed by atoms with Crippen molar-refractivity contribution in [3.8, 4) is 0 Å². The van der Waals surface area contributed by atoms with Gasteiger partial charge in [0, 0.05) is 30.4 Å². The van der Waals surface area contributed by atoms with Gasteiger partial charge in [-0.1, -0.05) is 22.9 Å². The first-order valence-electron chi connectivity index (χ1n) is 9.11. The van der Waals surface area contributed by atoms with E-state index in [2.05, 4.69) is 53.3 Å². The molecule has 2 heterocycles. The molecule has 1 unspecified atom stereocenters. The number of thioether (sulfide) groups is 1. The first kappa shape index (κ1) is 17.5. The minimum absolute atomic E-state index is 0.0166. The smallest absolute Gasteiger partial charge is 0.245 e. The number of amides is 1. The molecule has 138 valence electrons. The lowest BCUT2D eigenvalue weighted by molar-refractivity contribution is -0.131. The number of aryl methyl sites for hydroxylation is 1. The Morgan fingerprint density at radius 3 is 2.77 bits per heavy atom. The number of hydrogen-bond donors (Lipinski definition) is 0. The minimum atomic E-state index is -0.0166. The van der Waals surface area contributed by atoms with Crippen molar-refractivity contribution < 1.29 is 9.32 Å². The third-order valence-corrected chi connectivity index (χ3v) is 6.07. The lowest BCUT2D eigenvalue weighted by atomic mass is 10.1. The van der Waals surface area contributed by atoms with E-state index in [9.17, 15) is 4.79 Å². The van der Waals surface area contributed by atoms with Gasteiger partial charge in [-0.25, -0.2) is 0 Å². The van der Waals surface area contributed by atoms with Gasteiger partial charge in [-0.15, -0.1) is 11.8 Å². The van der Waals surface area contributed by atoms with Crippen LogP contribution in [0.1, 0.15) is 42.1 Å². The molecular formula is C19H24N4O2S. The topological polar surface area (TPSA) is 62.5 Å². The minimum Gasteiger partial charge on any atom is -0.339 e. The molecule has 26 heavy (non-hydrogen) atoms. The van der Waals surface area contributed by atoms with E-state index in [1.165, 1.54) is 5.56 Å². The van der Waals surface area contributed by atoms with Gasteiger partial charge in [-0.3, -0.25) is 9.69 Å². The van der Waals surface area contributed by atoms with E-state index < -0.39 is 0 Å². The van der Waals surface area contributed by atoms with Crippen molar-refractivity contribution in [3.05, 3.63) is 41.5 Å². The standard InChI is InChI=1S/C19H24N4O2S/c1-13-3-7-15(8-4-13)26-12-17(24)23-10-9-22(2)16(11-23)19-20-18(21-25-19)14-5-6-14/h3-4,7-8,14,16H,5-6,9-12H2,1-2H3. The fourth-order valence-electron chi connectivity index (χ4n) is 3.13. The van der Waals surface area contributed by atoms with Crippen LogP contribution in [0.3, 0.4) is 0 Å². The highest BCUT2D eigenvalue weighted by Gasteiger charge is 2.34. The van der Waals surface area contributed by atoms with Gasteiger partial charge < -0.3 is 9.42 Å². The van der Waals surface area contributed by atoms with Crippen molar-refractivity contribution in [2.75, 3.05) is 32.4 Å². The lowest BCUT2D eigenvalue weighted by Gasteiger charge is -2.37. The van der Waals surface area contributed by atoms with E-state index in [-0.39, 0.29) is 11.9 Å². The zero-order valence-electron chi connectivity index (χ0n) is 15.2. The average molecular weight is 372 g/mol. The van der Waals surface area contributed by atoms with Crippen LogP contribution in [0.25, 0.3) is 0 Å². The van der Waals surface area contributed by atoms with Crippen LogP contribution in [0, 0.1) is 6.92 Å². The number of hydrogen-bond acceptors (Lipinski definition) is 6. The van der Waals surface area contributed by atoms with Gasteiger partial charge in [0.05, 0.1) is 5.75 Å². The van der Waals surface area contributed by atoms with Crippen LogP contribution in [-0.2, 0) is 4.79 Å². The van der Waals surface area contributed by atoms with Gasteiger partial charge in [0.1, 0.15) is 6.04 Å². The molecule has 1 aliphatic heterocycles. The zero-order chi connectivity index (χ0) is 18.1. The molecule has 1 aromatic carbocycles. The molecule has 1 aliphatic carbocycles. The molecule has 1 saturated carbocycles. The number of aromatic nitrogens is 2. The van der Waals surface area contributed by atoms with E-state index >= 15 is 0 Å². The van der Waals surface area contributed by atoms with Crippen molar-refractivity contribution in [3.63, 3.8) is 0 Å². The Labute approximate surface area is 157 Å². The van der Waals surface area contributed by atoms with Crippen molar-refractivity contribution in [1.29, 1.82) is 0 Å². The highest BCUT2D eigenvalue weighted by atomic mass is 32.2. The molecule has 7 heteroatoms. The molecule has 1 amide bonds. The molecule has 0 bridgehead atoms. The second-order valence-electron chi connectivity index (χ2n) is 7.20. The fourth-order valence-corrected chi connectivity index (χ4v) is 3.93. The van der Waals surface area contributed by atoms with Crippen LogP contribution in [-0.4, -0.2) is 58.3 Å². The molecular weight excluding hydrogens is 348 g/mol. The summed E-state index contributed by atoms with van der Waals surface area (Å²) in [4.78, 5) is 22.5. The predicted octanol–water partition coefficient (Wildman–Crippen LogP) is 2.86. The molecule has 1 atom stereocenters. The summed E-state index contributed by atoms with van der Waals surface area (Å²) in [7, 11) is 2.05. The molecule has 2 fully saturated rings. The van der Waals surface area contributed by atoms with E-state index in [0.29, 0.717) is 24.1 Å². The van der Waals surface area contributed by atoms with Gasteiger partial charge in [-0.2, -0.15) is 4.98 Å². The predicted molar refractivity (Wildman–Crippen MR) is 100 cm³/mol. The van der Waals surface area contributed by atoms with Crippen molar-refractivity contribution in [2.45, 2.75) is 36.6 Å². The van der Waals surface area contributed by atoms with Crippen LogP contribution in [0.4, 0.5) is 0 Å². The van der Waals surface area contributed by atoms with Crippen LogP contribution >= 0.6 is 11.8 Å². The molecule has 4 rings (SSSR count). The lowest BCUT2D eigenvalue weighted by Crippen LogP contribution is -2.49. The molecule has 2 aliphatic rings. The maximum atomic E-state index is 12.7. The quantitative estimate of drug-likeness (QED) is 0.752. The second-order valence-corrected chi connectivity index (χ2v) is 8.25. The van der Waals surface area contributed by atoms with Gasteiger partial charge in [0.25, 0.3) is 0 Å². The largest absolute Gasteiger partial charge is 0.339 e. The van der Waals surface area contributed by atoms with Crippen LogP contribution < -0.4 is 0 Å². The maximum Gasteiger partial charge on any atom is 0.245 e. The summed E-state index contributed by atoms with van der Waals surface area (Å²) in [6.45, 7) is 4.23. The second kappa shape index (κ2) is 7.40. The normalized spacial score (nSPS) is 21.2. The third-order valence-electron chi connectivity index (χ3n) is 5.07. The Bertz CT molecular complexity index is 772. The highest BCUT2D eigenvalue weighted by molar-refractivity contribution is 8.00. The van der Waals surface area contributed by atoms with Gasteiger partial charge in [0.2, 0.25) is 11.8 Å². The molecule has 0 radical (unpaired) electrons. The molecule has 2 aromatic rings. The summed E-state index contributed by atoms with van der Waals surface area (Å²) in [6.07, 6.45) is 2.31. The van der Waals surface area contributed by atoms with E-state index in [1.807, 2.05) is 4.90 Å². The third kappa shape index (κ3) is 3.94. The van der Waals surface area contributed by atoms with Gasteiger partial charge in [-0.05, 0) is 38.9 Å². The van der Waals surface area contributed by atoms with Crippen LogP contribution in [0.15, 0.2) is 33.7 Å². The fraction of sp³-hybridized carbons (Fsp3) is 0.526. The number of nitrogens with zero attached hydrogens (tertiary/aromatic N) is 4. The van der Waals surface area contributed by atoms with Crippen LogP contribution in [0.2, 0.25) is 0 Å². The number of rotatable bonds is 5. The van der Waals surface area contributed by atoms with Gasteiger partial charge in [0.15, 0.2) is 5.82 Å². The molecule has 1 saturated heterocycles. The number of carbonyl (C=O) groups is 1. The summed E-state index contributed by atoms with van der Waals surface area (Å²) in [5.41, 5.74) is 1.23. The van der Waals surface area contributed by atoms with Crippen molar-refractivity contribution >= 4 is 17.7 Å². The Balaban J connectivity index is 1.37. The number of piperazine rings is 1. The Kier molecular flexibility index (Phi) is 5.00. The maximum absolute atomic E-state index is 12.7. The van der Waals surface area contributed by atoms with Gasteiger partial charge >= 0.3 is 0 Å². The average Bonchev–Trinajstić information content (AvgIpc) is 3.39. The number of likely N-dealkylation sites (N-methyl/N-ethyl adjacent to an activating group) is 1. The molecule has 6 nitrogen and oxygen atoms in total. The Hall–Kier alpha value is -1.86. The van der Waals surface area contributed by atoms with E-state index in [1.54, 1.807) is 11.8 Å². The SMILES string of the molecule is Cc1ccc(SCC(=O)N2CCN(C)C(c3nc(C4CC4)no3)C2)cc1. The summed E-state index contributed by atoms with van der Waals surface area (Å²) >= 11 is 1.59. The molecule has 0 spiro atoms. The Morgan fingerprint density at radius 2 is 2.04 bits per heavy atom. The molecule has 0 N–H and O–H groups in total. The summed E-state index contributed by atoms with van der Waals surface area (Å²) in [5, 5.41) is 4.12. The number of carbonyl (C=O) groups excluding carboxylic acids is 1. The van der Waals surface area contributed by atoms with Crippen LogP contribution in [0.5, 0.6) is 0 Å². The van der Waals surface area contributed by atoms with Crippen molar-refractivity contribution in [2.24, 2.45) is 0 Å². The van der Waals surface area contributed by atoms with E-state index in [4.69, 9.17) is 4.52 Å². The monoisotopic (exact) mass is 372 g/mol. The summed E-state index contributed by atoms with van der Waals surface area (Å²) < 4.78 is 5.50. The Morgan fingerprint density at radius 1 is 1.27 bits per heavy atom. The summed E-state index contributed by atoms with van der Waals surface area (Å²) in [6, 6.07) is 8.27. The van der Waals surface area contributed by atoms with E-state index in [0.717, 1.165) is 36.7 Å². The van der Waals surface area contributed by atoms with Crippen molar-refractivity contribution in [1.82, 2.24) is 19.9 Å². The highest BCUT2D eigenvalue weighted by Crippen LogP contribution is 2.38. The zero-order valence-corrected chi connectivity index (χ0v) is 16.0. The first-order chi connectivity index (χ1) is 12.6. The molecule has 1 aromatic heterocycles. The summed E-state index contributed by atoms with van der Waals surface area (Å²) in [5.74, 6) is 2.56. The number of benzene rings is 1. The first-order valence-corrected chi connectivity index (χ1v) is 10.1.